The Bertz CT molecular complexity index is 1240. The van der Waals surface area contributed by atoms with Crippen molar-refractivity contribution in [1.29, 1.82) is 5.41 Å². The number of amidine groups is 1. The van der Waals surface area contributed by atoms with Gasteiger partial charge in [0, 0.05) is 36.2 Å². The summed E-state index contributed by atoms with van der Waals surface area (Å²) in [7, 11) is -3.40. The summed E-state index contributed by atoms with van der Waals surface area (Å²) in [6.45, 7) is 2.35. The first kappa shape index (κ1) is 26.8. The van der Waals surface area contributed by atoms with E-state index >= 15 is 0 Å². The fourth-order valence-electron chi connectivity index (χ4n) is 3.09. The summed E-state index contributed by atoms with van der Waals surface area (Å²) in [4.78, 5) is 12.8. The fraction of sp³-hybridized carbons (Fsp3) is 0.227. The summed E-state index contributed by atoms with van der Waals surface area (Å²) in [5.41, 5.74) is 8.58. The number of nitrogens with two attached hydrogens (primary N) is 1. The number of rotatable bonds is 10. The molecule has 182 valence electrons. The van der Waals surface area contributed by atoms with E-state index in [1.807, 2.05) is 0 Å². The molecule has 1 amide bonds. The molecule has 0 spiro atoms. The van der Waals surface area contributed by atoms with E-state index in [2.05, 4.69) is 15.1 Å². The van der Waals surface area contributed by atoms with Gasteiger partial charge < -0.3 is 15.8 Å². The Hall–Kier alpha value is -3.41. The van der Waals surface area contributed by atoms with Crippen LogP contribution in [0.5, 0.6) is 0 Å². The highest BCUT2D eigenvalue weighted by Gasteiger charge is 2.22. The largest absolute Gasteiger partial charge is 0.384 e. The monoisotopic (exact) mass is 506 g/mol. The molecule has 0 fully saturated rings. The van der Waals surface area contributed by atoms with Crippen molar-refractivity contribution in [3.8, 4) is 11.3 Å². The summed E-state index contributed by atoms with van der Waals surface area (Å²) < 4.78 is 32.5. The van der Waals surface area contributed by atoms with Gasteiger partial charge in [-0.3, -0.25) is 14.9 Å². The van der Waals surface area contributed by atoms with E-state index in [1.165, 1.54) is 4.68 Å². The Morgan fingerprint density at radius 1 is 1.21 bits per heavy atom. The number of hydrogen-bond acceptors (Lipinski definition) is 6. The lowest BCUT2D eigenvalue weighted by Gasteiger charge is -2.17. The molecule has 5 N–H and O–H groups in total. The van der Waals surface area contributed by atoms with Gasteiger partial charge in [0.1, 0.15) is 5.84 Å². The molecule has 1 heterocycles. The summed E-state index contributed by atoms with van der Waals surface area (Å²) in [5, 5.41) is 14.7. The van der Waals surface area contributed by atoms with Crippen molar-refractivity contribution in [2.45, 2.75) is 19.7 Å². The second kappa shape index (κ2) is 11.6. The minimum atomic E-state index is -3.40. The average molecular weight is 507 g/mol. The Labute approximate surface area is 204 Å². The van der Waals surface area contributed by atoms with Crippen molar-refractivity contribution < 1.29 is 17.9 Å². The SMILES string of the molecule is CCOC(C(=O)NCc1ccc(C(=N)N)cc1)n1ccc(-c2cccc(NS(C)(=O)=O)c2)n1.Cl. The highest BCUT2D eigenvalue weighted by atomic mass is 35.5. The van der Waals surface area contributed by atoms with Crippen LogP contribution in [0.3, 0.4) is 0 Å². The molecule has 0 bridgehead atoms. The fourth-order valence-corrected chi connectivity index (χ4v) is 3.64. The van der Waals surface area contributed by atoms with E-state index < -0.39 is 16.3 Å². The highest BCUT2D eigenvalue weighted by Crippen LogP contribution is 2.23. The molecule has 0 aliphatic rings. The van der Waals surface area contributed by atoms with E-state index in [-0.39, 0.29) is 30.7 Å². The van der Waals surface area contributed by atoms with Crippen LogP contribution in [0.15, 0.2) is 60.8 Å². The molecular weight excluding hydrogens is 480 g/mol. The van der Waals surface area contributed by atoms with Gasteiger partial charge in [0.05, 0.1) is 11.9 Å². The van der Waals surface area contributed by atoms with Crippen molar-refractivity contribution in [2.24, 2.45) is 5.73 Å². The van der Waals surface area contributed by atoms with Gasteiger partial charge in [-0.1, -0.05) is 36.4 Å². The quantitative estimate of drug-likeness (QED) is 0.245. The number of nitrogen functional groups attached to an aromatic ring is 1. The maximum Gasteiger partial charge on any atom is 0.272 e. The Morgan fingerprint density at radius 2 is 1.91 bits per heavy atom. The standard InChI is InChI=1S/C22H26N6O4S.ClH/c1-3-32-22(21(29)25-14-15-7-9-16(10-8-15)20(23)24)28-12-11-19(26-28)17-5-4-6-18(13-17)27-33(2,30)31;/h4-13,22,27H,3,14H2,1-2H3,(H3,23,24)(H,25,29);1H. The third-order valence-corrected chi connectivity index (χ3v) is 5.20. The maximum absolute atomic E-state index is 12.8. The molecule has 1 aromatic heterocycles. The van der Waals surface area contributed by atoms with Crippen molar-refractivity contribution in [3.63, 3.8) is 0 Å². The predicted molar refractivity (Wildman–Crippen MR) is 133 cm³/mol. The number of nitrogens with zero attached hydrogens (tertiary/aromatic N) is 2. The zero-order chi connectivity index (χ0) is 24.0. The molecule has 3 aromatic rings. The number of anilines is 1. The molecule has 12 heteroatoms. The lowest BCUT2D eigenvalue weighted by molar-refractivity contribution is -0.139. The molecular formula is C22H27ClN6O4S. The predicted octanol–water partition coefficient (Wildman–Crippen LogP) is 2.48. The van der Waals surface area contributed by atoms with Gasteiger partial charge in [-0.2, -0.15) is 5.10 Å². The van der Waals surface area contributed by atoms with Gasteiger partial charge in [0.15, 0.2) is 0 Å². The second-order valence-electron chi connectivity index (χ2n) is 7.27. The lowest BCUT2D eigenvalue weighted by Crippen LogP contribution is -2.34. The topological polar surface area (TPSA) is 152 Å². The number of ether oxygens (including phenoxy) is 1. The second-order valence-corrected chi connectivity index (χ2v) is 9.02. The maximum atomic E-state index is 12.8. The Morgan fingerprint density at radius 3 is 2.53 bits per heavy atom. The van der Waals surface area contributed by atoms with Crippen LogP contribution < -0.4 is 15.8 Å². The highest BCUT2D eigenvalue weighted by molar-refractivity contribution is 7.92. The molecule has 3 rings (SSSR count). The van der Waals surface area contributed by atoms with Crippen LogP contribution in [0.4, 0.5) is 5.69 Å². The average Bonchev–Trinajstić information content (AvgIpc) is 3.25. The summed E-state index contributed by atoms with van der Waals surface area (Å²) in [6.07, 6.45) is 1.74. The van der Waals surface area contributed by atoms with Crippen molar-refractivity contribution in [2.75, 3.05) is 17.6 Å². The first-order valence-corrected chi connectivity index (χ1v) is 12.0. The van der Waals surface area contributed by atoms with E-state index in [4.69, 9.17) is 15.9 Å². The Balaban J connectivity index is 0.00000408. The van der Waals surface area contributed by atoms with Crippen LogP contribution >= 0.6 is 12.4 Å². The number of nitrogens with one attached hydrogen (secondary N) is 3. The molecule has 0 radical (unpaired) electrons. The molecule has 0 saturated carbocycles. The Kier molecular flexibility index (Phi) is 9.19. The number of halogens is 1. The zero-order valence-corrected chi connectivity index (χ0v) is 20.3. The normalized spacial score (nSPS) is 11.8. The molecule has 0 aliphatic carbocycles. The molecule has 1 unspecified atom stereocenters. The number of sulfonamides is 1. The van der Waals surface area contributed by atoms with Gasteiger partial charge >= 0.3 is 0 Å². The smallest absolute Gasteiger partial charge is 0.272 e. The van der Waals surface area contributed by atoms with E-state index in [1.54, 1.807) is 67.7 Å². The minimum absolute atomic E-state index is 0. The number of carbonyl (C=O) groups excluding carboxylic acids is 1. The molecule has 0 aliphatic heterocycles. The molecule has 2 aromatic carbocycles. The van der Waals surface area contributed by atoms with E-state index in [0.717, 1.165) is 11.8 Å². The van der Waals surface area contributed by atoms with Crippen LogP contribution in [0.25, 0.3) is 11.3 Å². The van der Waals surface area contributed by atoms with Gasteiger partial charge in [0.2, 0.25) is 16.3 Å². The summed E-state index contributed by atoms with van der Waals surface area (Å²) >= 11 is 0. The third-order valence-electron chi connectivity index (χ3n) is 4.59. The zero-order valence-electron chi connectivity index (χ0n) is 18.7. The van der Waals surface area contributed by atoms with Gasteiger partial charge in [-0.05, 0) is 30.7 Å². The van der Waals surface area contributed by atoms with Crippen LogP contribution in [0.1, 0.15) is 24.3 Å². The molecule has 34 heavy (non-hydrogen) atoms. The number of benzene rings is 2. The number of aromatic nitrogens is 2. The van der Waals surface area contributed by atoms with Gasteiger partial charge in [-0.15, -0.1) is 12.4 Å². The van der Waals surface area contributed by atoms with Crippen LogP contribution in [-0.4, -0.2) is 42.8 Å². The van der Waals surface area contributed by atoms with Crippen LogP contribution in [0.2, 0.25) is 0 Å². The van der Waals surface area contributed by atoms with Crippen molar-refractivity contribution >= 4 is 39.9 Å². The lowest BCUT2D eigenvalue weighted by atomic mass is 10.1. The van der Waals surface area contributed by atoms with Crippen molar-refractivity contribution in [3.05, 3.63) is 71.9 Å². The van der Waals surface area contributed by atoms with E-state index in [9.17, 15) is 13.2 Å². The van der Waals surface area contributed by atoms with Gasteiger partial charge in [-0.25, -0.2) is 13.1 Å². The summed E-state index contributed by atoms with van der Waals surface area (Å²) in [5.74, 6) is -0.385. The summed E-state index contributed by atoms with van der Waals surface area (Å²) in [6, 6.07) is 15.5. The number of hydrogen-bond donors (Lipinski definition) is 4. The van der Waals surface area contributed by atoms with Crippen molar-refractivity contribution in [1.82, 2.24) is 15.1 Å². The van der Waals surface area contributed by atoms with E-state index in [0.29, 0.717) is 29.1 Å². The van der Waals surface area contributed by atoms with Crippen LogP contribution in [-0.2, 0) is 26.1 Å². The number of amides is 1. The first-order chi connectivity index (χ1) is 15.7. The molecule has 1 atom stereocenters. The first-order valence-electron chi connectivity index (χ1n) is 10.1. The molecule has 0 saturated heterocycles. The van der Waals surface area contributed by atoms with Crippen LogP contribution in [0, 0.1) is 5.41 Å². The van der Waals surface area contributed by atoms with Gasteiger partial charge in [0.25, 0.3) is 5.91 Å². The number of carbonyl (C=O) groups is 1. The third kappa shape index (κ3) is 7.30. The minimum Gasteiger partial charge on any atom is -0.384 e. The molecule has 10 nitrogen and oxygen atoms in total.